The zero-order valence-corrected chi connectivity index (χ0v) is 6.95. The average Bonchev–Trinajstić information content (AvgIpc) is 2.05. The highest BCUT2D eigenvalue weighted by Gasteiger charge is 2.04. The van der Waals surface area contributed by atoms with Crippen molar-refractivity contribution in [2.75, 3.05) is 13.7 Å². The monoisotopic (exact) mass is 157 g/mol. The molecule has 0 bridgehead atoms. The lowest BCUT2D eigenvalue weighted by Gasteiger charge is -2.11. The number of nitroso groups, excluding NO2 is 1. The zero-order chi connectivity index (χ0) is 8.53. The summed E-state index contributed by atoms with van der Waals surface area (Å²) in [5.74, 6) is 0. The molecule has 1 atom stereocenters. The fraction of sp³-hybridized carbons (Fsp3) is 0.750. The van der Waals surface area contributed by atoms with Crippen molar-refractivity contribution in [2.45, 2.75) is 25.4 Å². The third-order valence-corrected chi connectivity index (χ3v) is 1.57. The van der Waals surface area contributed by atoms with E-state index in [9.17, 15) is 4.91 Å². The molecule has 3 nitrogen and oxygen atoms in total. The Kier molecular flexibility index (Phi) is 6.94. The van der Waals surface area contributed by atoms with E-state index in [4.69, 9.17) is 4.74 Å². The van der Waals surface area contributed by atoms with Crippen LogP contribution in [0.25, 0.3) is 0 Å². The summed E-state index contributed by atoms with van der Waals surface area (Å²) in [6, 6.07) is 0. The smallest absolute Gasteiger partial charge is 0.0835 e. The highest BCUT2D eigenvalue weighted by atomic mass is 16.5. The van der Waals surface area contributed by atoms with Gasteiger partial charge in [-0.2, -0.15) is 4.91 Å². The second-order valence-electron chi connectivity index (χ2n) is 2.37. The normalized spacial score (nSPS) is 12.5. The lowest BCUT2D eigenvalue weighted by molar-refractivity contribution is 0.0909. The number of hydrogen-bond donors (Lipinski definition) is 0. The largest absolute Gasteiger partial charge is 0.381 e. The lowest BCUT2D eigenvalue weighted by atomic mass is 10.1. The molecule has 3 heteroatoms. The summed E-state index contributed by atoms with van der Waals surface area (Å²) in [4.78, 5) is 9.77. The van der Waals surface area contributed by atoms with E-state index in [1.165, 1.54) is 0 Å². The fourth-order valence-corrected chi connectivity index (χ4v) is 0.880. The summed E-state index contributed by atoms with van der Waals surface area (Å²) in [6.07, 6.45) is 4.58. The highest BCUT2D eigenvalue weighted by molar-refractivity contribution is 4.70. The van der Waals surface area contributed by atoms with Crippen molar-refractivity contribution in [1.29, 1.82) is 0 Å². The Balaban J connectivity index is 3.39. The van der Waals surface area contributed by atoms with E-state index >= 15 is 0 Å². The van der Waals surface area contributed by atoms with Crippen molar-refractivity contribution in [3.05, 3.63) is 17.6 Å². The molecule has 0 rings (SSSR count). The maximum atomic E-state index is 9.77. The van der Waals surface area contributed by atoms with E-state index in [0.29, 0.717) is 13.0 Å². The van der Waals surface area contributed by atoms with Crippen LogP contribution in [0.1, 0.15) is 19.3 Å². The van der Waals surface area contributed by atoms with Gasteiger partial charge >= 0.3 is 0 Å². The van der Waals surface area contributed by atoms with Crippen LogP contribution in [0.4, 0.5) is 0 Å². The predicted molar refractivity (Wildman–Crippen MR) is 45.5 cm³/mol. The number of allylic oxidation sites excluding steroid dienone is 1. The van der Waals surface area contributed by atoms with Crippen molar-refractivity contribution in [1.82, 2.24) is 0 Å². The molecule has 11 heavy (non-hydrogen) atoms. The molecule has 0 saturated heterocycles. The highest BCUT2D eigenvalue weighted by Crippen LogP contribution is 2.05. The van der Waals surface area contributed by atoms with Crippen LogP contribution in [-0.2, 0) is 4.74 Å². The van der Waals surface area contributed by atoms with Crippen molar-refractivity contribution in [2.24, 2.45) is 5.18 Å². The summed E-state index contributed by atoms with van der Waals surface area (Å²) in [6.45, 7) is 3.95. The molecule has 0 fully saturated rings. The topological polar surface area (TPSA) is 38.7 Å². The number of hydrogen-bond acceptors (Lipinski definition) is 3. The van der Waals surface area contributed by atoms with E-state index in [1.807, 2.05) is 6.08 Å². The Morgan fingerprint density at radius 3 is 2.82 bits per heavy atom. The third kappa shape index (κ3) is 5.73. The molecule has 0 saturated carbocycles. The number of methoxy groups -OCH3 is 1. The molecule has 1 unspecified atom stereocenters. The first-order valence-electron chi connectivity index (χ1n) is 3.78. The van der Waals surface area contributed by atoms with Crippen LogP contribution >= 0.6 is 0 Å². The number of nitrogens with zero attached hydrogens (tertiary/aromatic N) is 1. The molecule has 0 radical (unpaired) electrons. The van der Waals surface area contributed by atoms with Crippen molar-refractivity contribution in [3.8, 4) is 0 Å². The average molecular weight is 157 g/mol. The van der Waals surface area contributed by atoms with Crippen LogP contribution in [0.15, 0.2) is 17.8 Å². The minimum Gasteiger partial charge on any atom is -0.381 e. The van der Waals surface area contributed by atoms with Crippen LogP contribution in [0, 0.1) is 4.91 Å². The maximum Gasteiger partial charge on any atom is 0.0835 e. The summed E-state index contributed by atoms with van der Waals surface area (Å²) in [7, 11) is 1.65. The number of rotatable bonds is 7. The molecule has 0 heterocycles. The Morgan fingerprint density at radius 1 is 1.64 bits per heavy atom. The summed E-state index contributed by atoms with van der Waals surface area (Å²) in [5, 5.41) is 2.78. The van der Waals surface area contributed by atoms with E-state index in [0.717, 1.165) is 12.8 Å². The quantitative estimate of drug-likeness (QED) is 0.419. The molecule has 0 aliphatic heterocycles. The Bertz CT molecular complexity index is 103. The van der Waals surface area contributed by atoms with Crippen LogP contribution < -0.4 is 0 Å². The molecular formula is C8H15NO2. The van der Waals surface area contributed by atoms with Crippen LogP contribution in [0.3, 0.4) is 0 Å². The molecule has 0 N–H and O–H groups in total. The maximum absolute atomic E-state index is 9.77. The summed E-state index contributed by atoms with van der Waals surface area (Å²) < 4.78 is 5.11. The van der Waals surface area contributed by atoms with Crippen molar-refractivity contribution < 1.29 is 4.74 Å². The van der Waals surface area contributed by atoms with E-state index < -0.39 is 0 Å². The molecule has 0 aromatic rings. The summed E-state index contributed by atoms with van der Waals surface area (Å²) in [5.41, 5.74) is 0. The van der Waals surface area contributed by atoms with E-state index in [1.54, 1.807) is 7.11 Å². The number of ether oxygens (including phenoxy) is 1. The molecule has 0 aromatic heterocycles. The van der Waals surface area contributed by atoms with Gasteiger partial charge in [0.2, 0.25) is 0 Å². The Morgan fingerprint density at radius 2 is 2.36 bits per heavy atom. The van der Waals surface area contributed by atoms with Gasteiger partial charge in [0.25, 0.3) is 0 Å². The zero-order valence-electron chi connectivity index (χ0n) is 6.95. The summed E-state index contributed by atoms with van der Waals surface area (Å²) >= 11 is 0. The van der Waals surface area contributed by atoms with Gasteiger partial charge < -0.3 is 4.74 Å². The van der Waals surface area contributed by atoms with Gasteiger partial charge in [-0.3, -0.25) is 0 Å². The first-order valence-corrected chi connectivity index (χ1v) is 3.78. The Labute approximate surface area is 67.4 Å². The molecule has 0 spiro atoms. The van der Waals surface area contributed by atoms with Gasteiger partial charge in [-0.15, -0.1) is 6.58 Å². The van der Waals surface area contributed by atoms with Gasteiger partial charge in [-0.25, -0.2) is 0 Å². The van der Waals surface area contributed by atoms with Gasteiger partial charge in [0.1, 0.15) is 0 Å². The standard InChI is InChI=1S/C8H15NO2/c1-3-4-5-8(11-2)6-7-9-10/h3,8H,1,4-7H2,2H3. The van der Waals surface area contributed by atoms with Crippen LogP contribution in [-0.4, -0.2) is 19.8 Å². The molecule has 0 aliphatic carbocycles. The molecule has 0 amide bonds. The fourth-order valence-electron chi connectivity index (χ4n) is 0.880. The van der Waals surface area contributed by atoms with E-state index in [2.05, 4.69) is 11.8 Å². The third-order valence-electron chi connectivity index (χ3n) is 1.57. The SMILES string of the molecule is C=CCCC(CCN=O)OC. The first-order chi connectivity index (χ1) is 5.35. The van der Waals surface area contributed by atoms with Crippen molar-refractivity contribution in [3.63, 3.8) is 0 Å². The molecule has 64 valence electrons. The predicted octanol–water partition coefficient (Wildman–Crippen LogP) is 2.12. The van der Waals surface area contributed by atoms with Crippen molar-refractivity contribution >= 4 is 0 Å². The van der Waals surface area contributed by atoms with E-state index in [-0.39, 0.29) is 6.10 Å². The van der Waals surface area contributed by atoms with Gasteiger partial charge in [0.05, 0.1) is 12.6 Å². The second kappa shape index (κ2) is 7.41. The lowest BCUT2D eigenvalue weighted by Crippen LogP contribution is -2.11. The van der Waals surface area contributed by atoms with Crippen LogP contribution in [0.5, 0.6) is 0 Å². The van der Waals surface area contributed by atoms with Crippen LogP contribution in [0.2, 0.25) is 0 Å². The molecular weight excluding hydrogens is 142 g/mol. The molecule has 0 aliphatic rings. The minimum absolute atomic E-state index is 0.158. The minimum atomic E-state index is 0.158. The second-order valence-corrected chi connectivity index (χ2v) is 2.37. The van der Waals surface area contributed by atoms with Gasteiger partial charge in [0, 0.05) is 7.11 Å². The van der Waals surface area contributed by atoms with Gasteiger partial charge in [0.15, 0.2) is 0 Å². The first kappa shape index (κ1) is 10.3. The molecule has 0 aromatic carbocycles. The Hall–Kier alpha value is -0.700. The van der Waals surface area contributed by atoms with Gasteiger partial charge in [-0.1, -0.05) is 11.3 Å². The van der Waals surface area contributed by atoms with Gasteiger partial charge in [-0.05, 0) is 19.3 Å².